The first-order valence-corrected chi connectivity index (χ1v) is 4.26. The van der Waals surface area contributed by atoms with Gasteiger partial charge in [0.25, 0.3) is 0 Å². The van der Waals surface area contributed by atoms with E-state index in [0.29, 0.717) is 6.54 Å². The normalized spacial score (nSPS) is 18.8. The molecule has 1 aliphatic heterocycles. The van der Waals surface area contributed by atoms with Gasteiger partial charge in [0.2, 0.25) is 0 Å². The van der Waals surface area contributed by atoms with E-state index in [0.717, 1.165) is 5.88 Å². The van der Waals surface area contributed by atoms with E-state index in [9.17, 15) is 4.79 Å². The van der Waals surface area contributed by atoms with Gasteiger partial charge in [-0.3, -0.25) is 4.79 Å². The summed E-state index contributed by atoms with van der Waals surface area (Å²) in [5, 5.41) is 10.4. The number of thioether (sulfide) groups is 1. The molecule has 0 aliphatic carbocycles. The predicted molar refractivity (Wildman–Crippen MR) is 43.9 cm³/mol. The Morgan fingerprint density at radius 1 is 1.91 bits per heavy atom. The zero-order valence-electron chi connectivity index (χ0n) is 5.93. The van der Waals surface area contributed by atoms with Crippen molar-refractivity contribution in [3.63, 3.8) is 0 Å². The van der Waals surface area contributed by atoms with E-state index in [-0.39, 0.29) is 0 Å². The van der Waals surface area contributed by atoms with Crippen LogP contribution in [0.1, 0.15) is 0 Å². The number of rotatable bonds is 3. The first-order valence-electron chi connectivity index (χ1n) is 3.21. The fourth-order valence-corrected chi connectivity index (χ4v) is 1.48. The van der Waals surface area contributed by atoms with Crippen LogP contribution in [0, 0.1) is 0 Å². The minimum atomic E-state index is -0.949. The highest BCUT2D eigenvalue weighted by Gasteiger charge is 2.15. The molecule has 0 radical (unpaired) electrons. The molecule has 3 N–H and O–H groups in total. The second-order valence-corrected chi connectivity index (χ2v) is 3.16. The number of carbonyl (C=O) groups is 1. The SMILES string of the molecule is NC(CN1C=CSC1)C(=O)O. The Bertz CT molecular complexity index is 183. The maximum Gasteiger partial charge on any atom is 0.322 e. The zero-order valence-corrected chi connectivity index (χ0v) is 6.75. The molecule has 1 heterocycles. The highest BCUT2D eigenvalue weighted by molar-refractivity contribution is 8.02. The van der Waals surface area contributed by atoms with Crippen molar-refractivity contribution in [1.29, 1.82) is 0 Å². The van der Waals surface area contributed by atoms with Crippen molar-refractivity contribution in [3.05, 3.63) is 11.6 Å². The summed E-state index contributed by atoms with van der Waals surface area (Å²) in [5.74, 6) is -0.142. The topological polar surface area (TPSA) is 66.6 Å². The van der Waals surface area contributed by atoms with Crippen LogP contribution in [0.2, 0.25) is 0 Å². The number of hydrogen-bond acceptors (Lipinski definition) is 4. The molecule has 4 nitrogen and oxygen atoms in total. The van der Waals surface area contributed by atoms with Gasteiger partial charge in [-0.15, -0.1) is 11.8 Å². The number of carboxylic acids is 1. The quantitative estimate of drug-likeness (QED) is 0.624. The molecule has 1 unspecified atom stereocenters. The summed E-state index contributed by atoms with van der Waals surface area (Å²) in [6.45, 7) is 0.388. The highest BCUT2D eigenvalue weighted by atomic mass is 32.2. The zero-order chi connectivity index (χ0) is 8.27. The smallest absolute Gasteiger partial charge is 0.322 e. The minimum absolute atomic E-state index is 0.388. The lowest BCUT2D eigenvalue weighted by atomic mass is 10.3. The van der Waals surface area contributed by atoms with Crippen LogP contribution in [0.4, 0.5) is 0 Å². The van der Waals surface area contributed by atoms with Crippen LogP contribution >= 0.6 is 11.8 Å². The number of carboxylic acid groups (broad SMARTS) is 1. The van der Waals surface area contributed by atoms with E-state index in [2.05, 4.69) is 0 Å². The lowest BCUT2D eigenvalue weighted by Crippen LogP contribution is -2.39. The van der Waals surface area contributed by atoms with Gasteiger partial charge in [0.05, 0.1) is 5.88 Å². The van der Waals surface area contributed by atoms with Gasteiger partial charge in [0, 0.05) is 12.7 Å². The van der Waals surface area contributed by atoms with E-state index in [1.165, 1.54) is 0 Å². The first-order chi connectivity index (χ1) is 5.20. The van der Waals surface area contributed by atoms with Crippen LogP contribution < -0.4 is 5.73 Å². The molecule has 1 atom stereocenters. The Hall–Kier alpha value is -0.680. The van der Waals surface area contributed by atoms with E-state index in [1.54, 1.807) is 11.8 Å². The van der Waals surface area contributed by atoms with Gasteiger partial charge >= 0.3 is 5.97 Å². The number of nitrogens with two attached hydrogens (primary N) is 1. The minimum Gasteiger partial charge on any atom is -0.480 e. The molecule has 11 heavy (non-hydrogen) atoms. The van der Waals surface area contributed by atoms with Gasteiger partial charge < -0.3 is 15.7 Å². The molecule has 0 aromatic heterocycles. The Morgan fingerprint density at radius 2 is 2.64 bits per heavy atom. The molecule has 62 valence electrons. The molecule has 5 heteroatoms. The molecule has 1 aliphatic rings. The number of hydrogen-bond donors (Lipinski definition) is 2. The van der Waals surface area contributed by atoms with Gasteiger partial charge in [0.15, 0.2) is 0 Å². The third-order valence-corrected chi connectivity index (χ3v) is 2.15. The lowest BCUT2D eigenvalue weighted by molar-refractivity contribution is -0.138. The summed E-state index contributed by atoms with van der Waals surface area (Å²) in [4.78, 5) is 12.2. The van der Waals surface area contributed by atoms with Crippen molar-refractivity contribution in [2.24, 2.45) is 5.73 Å². The van der Waals surface area contributed by atoms with Crippen LogP contribution in [0.5, 0.6) is 0 Å². The molecule has 0 aromatic carbocycles. The summed E-state index contributed by atoms with van der Waals surface area (Å²) in [6.07, 6.45) is 1.85. The Morgan fingerprint density at radius 3 is 3.09 bits per heavy atom. The van der Waals surface area contributed by atoms with Gasteiger partial charge in [0.1, 0.15) is 6.04 Å². The fraction of sp³-hybridized carbons (Fsp3) is 0.500. The summed E-state index contributed by atoms with van der Waals surface area (Å²) >= 11 is 1.63. The molecule has 0 saturated heterocycles. The monoisotopic (exact) mass is 174 g/mol. The number of aliphatic carboxylic acids is 1. The Kier molecular flexibility index (Phi) is 2.78. The molecular weight excluding hydrogens is 164 g/mol. The molecule has 0 bridgehead atoms. The standard InChI is InChI=1S/C6H10N2O2S/c7-5(6(9)10)3-8-1-2-11-4-8/h1-2,5H,3-4,7H2,(H,9,10). The van der Waals surface area contributed by atoms with Crippen molar-refractivity contribution in [1.82, 2.24) is 4.90 Å². The largest absolute Gasteiger partial charge is 0.480 e. The highest BCUT2D eigenvalue weighted by Crippen LogP contribution is 2.14. The van der Waals surface area contributed by atoms with Crippen LogP contribution in [-0.2, 0) is 4.79 Å². The van der Waals surface area contributed by atoms with E-state index in [4.69, 9.17) is 10.8 Å². The van der Waals surface area contributed by atoms with E-state index >= 15 is 0 Å². The van der Waals surface area contributed by atoms with Crippen LogP contribution in [0.3, 0.4) is 0 Å². The Balaban J connectivity index is 2.29. The van der Waals surface area contributed by atoms with Gasteiger partial charge in [-0.1, -0.05) is 0 Å². The molecule has 1 rings (SSSR count). The van der Waals surface area contributed by atoms with Crippen LogP contribution in [0.25, 0.3) is 0 Å². The maximum absolute atomic E-state index is 10.3. The van der Waals surface area contributed by atoms with E-state index in [1.807, 2.05) is 16.5 Å². The predicted octanol–water partition coefficient (Wildman–Crippen LogP) is -0.124. The van der Waals surface area contributed by atoms with Crippen molar-refractivity contribution in [2.45, 2.75) is 6.04 Å². The van der Waals surface area contributed by atoms with Gasteiger partial charge in [-0.25, -0.2) is 0 Å². The molecule has 0 spiro atoms. The van der Waals surface area contributed by atoms with E-state index < -0.39 is 12.0 Å². The lowest BCUT2D eigenvalue weighted by Gasteiger charge is -2.16. The van der Waals surface area contributed by atoms with Crippen LogP contribution in [0.15, 0.2) is 11.6 Å². The van der Waals surface area contributed by atoms with Crippen molar-refractivity contribution in [3.8, 4) is 0 Å². The van der Waals surface area contributed by atoms with Crippen LogP contribution in [-0.4, -0.2) is 34.4 Å². The molecule has 0 aromatic rings. The molecule has 0 saturated carbocycles. The van der Waals surface area contributed by atoms with Crippen molar-refractivity contribution < 1.29 is 9.90 Å². The summed E-state index contributed by atoms with van der Waals surface area (Å²) in [7, 11) is 0. The molecular formula is C6H10N2O2S. The molecule has 0 fully saturated rings. The summed E-state index contributed by atoms with van der Waals surface area (Å²) < 4.78 is 0. The number of nitrogens with zero attached hydrogens (tertiary/aromatic N) is 1. The fourth-order valence-electron chi connectivity index (χ4n) is 0.755. The Labute approximate surface area is 69.0 Å². The second-order valence-electron chi connectivity index (χ2n) is 2.30. The van der Waals surface area contributed by atoms with Crippen molar-refractivity contribution in [2.75, 3.05) is 12.4 Å². The summed E-state index contributed by atoms with van der Waals surface area (Å²) in [6, 6.07) is -0.779. The first kappa shape index (κ1) is 8.42. The third-order valence-electron chi connectivity index (χ3n) is 1.36. The summed E-state index contributed by atoms with van der Waals surface area (Å²) in [5.41, 5.74) is 5.31. The maximum atomic E-state index is 10.3. The van der Waals surface area contributed by atoms with Gasteiger partial charge in [-0.2, -0.15) is 0 Å². The molecule has 0 amide bonds. The third kappa shape index (κ3) is 2.44. The average molecular weight is 174 g/mol. The van der Waals surface area contributed by atoms with Gasteiger partial charge in [-0.05, 0) is 5.41 Å². The van der Waals surface area contributed by atoms with Crippen molar-refractivity contribution >= 4 is 17.7 Å². The average Bonchev–Trinajstić information content (AvgIpc) is 2.39. The second kappa shape index (κ2) is 3.64.